The van der Waals surface area contributed by atoms with E-state index in [1.54, 1.807) is 7.05 Å². The van der Waals surface area contributed by atoms with E-state index in [1.165, 1.54) is 0 Å². The highest BCUT2D eigenvalue weighted by Gasteiger charge is 2.34. The zero-order valence-corrected chi connectivity index (χ0v) is 11.2. The van der Waals surface area contributed by atoms with Crippen LogP contribution in [-0.2, 0) is 6.18 Å². The van der Waals surface area contributed by atoms with Gasteiger partial charge in [-0.3, -0.25) is 0 Å². The zero-order chi connectivity index (χ0) is 15.3. The number of benzene rings is 1. The van der Waals surface area contributed by atoms with E-state index in [0.29, 0.717) is 6.54 Å². The molecule has 2 atom stereocenters. The topological polar surface area (TPSA) is 61.7 Å². The first-order chi connectivity index (χ1) is 9.31. The summed E-state index contributed by atoms with van der Waals surface area (Å²) in [6.07, 6.45) is -6.58. The van der Waals surface area contributed by atoms with Crippen molar-refractivity contribution in [3.05, 3.63) is 29.3 Å². The molecule has 4 nitrogen and oxygen atoms in total. The van der Waals surface area contributed by atoms with Crippen LogP contribution in [0.4, 0.5) is 13.2 Å². The van der Waals surface area contributed by atoms with Gasteiger partial charge in [0.25, 0.3) is 0 Å². The fourth-order valence-electron chi connectivity index (χ4n) is 1.80. The average Bonchev–Trinajstić information content (AvgIpc) is 2.42. The van der Waals surface area contributed by atoms with Crippen molar-refractivity contribution >= 4 is 0 Å². The Bertz CT molecular complexity index is 437. The van der Waals surface area contributed by atoms with Crippen LogP contribution < -0.4 is 10.1 Å². The minimum atomic E-state index is -4.53. The normalized spacial score (nSPS) is 14.9. The third-order valence-corrected chi connectivity index (χ3v) is 2.93. The zero-order valence-electron chi connectivity index (χ0n) is 11.2. The molecule has 0 fully saturated rings. The minimum Gasteiger partial charge on any atom is -0.496 e. The van der Waals surface area contributed by atoms with Crippen LogP contribution in [0, 0.1) is 0 Å². The van der Waals surface area contributed by atoms with E-state index < -0.39 is 23.9 Å². The maximum atomic E-state index is 12.7. The third kappa shape index (κ3) is 4.09. The quantitative estimate of drug-likeness (QED) is 0.747. The molecule has 0 heterocycles. The summed E-state index contributed by atoms with van der Waals surface area (Å²) in [6.45, 7) is 0.482. The van der Waals surface area contributed by atoms with Crippen molar-refractivity contribution in [2.75, 3.05) is 20.7 Å². The molecule has 3 N–H and O–H groups in total. The first-order valence-electron chi connectivity index (χ1n) is 6.07. The lowest BCUT2D eigenvalue weighted by Gasteiger charge is -2.20. The molecule has 0 spiro atoms. The number of hydrogen-bond acceptors (Lipinski definition) is 4. The Labute approximate surface area is 115 Å². The van der Waals surface area contributed by atoms with E-state index in [0.717, 1.165) is 25.3 Å². The summed E-state index contributed by atoms with van der Waals surface area (Å²) < 4.78 is 42.8. The fourth-order valence-corrected chi connectivity index (χ4v) is 1.80. The second-order valence-corrected chi connectivity index (χ2v) is 4.36. The van der Waals surface area contributed by atoms with Gasteiger partial charge in [-0.15, -0.1) is 0 Å². The molecule has 0 aliphatic carbocycles. The Balaban J connectivity index is 2.98. The number of ether oxygens (including phenoxy) is 1. The van der Waals surface area contributed by atoms with E-state index in [-0.39, 0.29) is 17.7 Å². The Morgan fingerprint density at radius 1 is 1.30 bits per heavy atom. The maximum absolute atomic E-state index is 12.7. The second-order valence-electron chi connectivity index (χ2n) is 4.36. The number of nitrogens with one attached hydrogen (secondary N) is 1. The van der Waals surface area contributed by atoms with Crippen molar-refractivity contribution in [1.29, 1.82) is 0 Å². The molecule has 1 rings (SSSR count). The van der Waals surface area contributed by atoms with Crippen molar-refractivity contribution in [2.24, 2.45) is 0 Å². The van der Waals surface area contributed by atoms with Gasteiger partial charge in [0.05, 0.1) is 18.8 Å². The molecule has 0 bridgehead atoms. The summed E-state index contributed by atoms with van der Waals surface area (Å²) >= 11 is 0. The summed E-state index contributed by atoms with van der Waals surface area (Å²) in [5.74, 6) is -0.380. The predicted octanol–water partition coefficient (Wildman–Crippen LogP) is 1.72. The Morgan fingerprint density at radius 3 is 2.45 bits per heavy atom. The highest BCUT2D eigenvalue weighted by molar-refractivity contribution is 5.40. The van der Waals surface area contributed by atoms with Crippen LogP contribution in [0.2, 0.25) is 0 Å². The van der Waals surface area contributed by atoms with Crippen molar-refractivity contribution in [3.8, 4) is 5.75 Å². The predicted molar refractivity (Wildman–Crippen MR) is 67.5 cm³/mol. The van der Waals surface area contributed by atoms with E-state index in [1.807, 2.05) is 0 Å². The number of halogens is 3. The Hall–Kier alpha value is -1.31. The van der Waals surface area contributed by atoms with E-state index in [9.17, 15) is 23.4 Å². The second kappa shape index (κ2) is 6.92. The van der Waals surface area contributed by atoms with E-state index >= 15 is 0 Å². The molecule has 0 radical (unpaired) electrons. The van der Waals surface area contributed by atoms with Gasteiger partial charge in [0.15, 0.2) is 0 Å². The Morgan fingerprint density at radius 2 is 1.95 bits per heavy atom. The van der Waals surface area contributed by atoms with Crippen LogP contribution in [0.1, 0.15) is 23.7 Å². The molecule has 20 heavy (non-hydrogen) atoms. The van der Waals surface area contributed by atoms with Crippen molar-refractivity contribution in [1.82, 2.24) is 5.32 Å². The molecule has 0 saturated carbocycles. The van der Waals surface area contributed by atoms with Gasteiger partial charge in [-0.25, -0.2) is 0 Å². The molecule has 0 amide bonds. The lowest BCUT2D eigenvalue weighted by molar-refractivity contribution is -0.138. The van der Waals surface area contributed by atoms with Gasteiger partial charge >= 0.3 is 6.18 Å². The molecule has 0 aliphatic heterocycles. The van der Waals surface area contributed by atoms with Crippen LogP contribution in [0.25, 0.3) is 0 Å². The lowest BCUT2D eigenvalue weighted by Crippen LogP contribution is -2.23. The fraction of sp³-hybridized carbons (Fsp3) is 0.538. The van der Waals surface area contributed by atoms with Crippen LogP contribution in [-0.4, -0.2) is 37.0 Å². The highest BCUT2D eigenvalue weighted by atomic mass is 19.4. The monoisotopic (exact) mass is 293 g/mol. The molecular weight excluding hydrogens is 275 g/mol. The van der Waals surface area contributed by atoms with Crippen LogP contribution in [0.5, 0.6) is 5.75 Å². The van der Waals surface area contributed by atoms with Gasteiger partial charge in [0.1, 0.15) is 11.9 Å². The van der Waals surface area contributed by atoms with Crippen LogP contribution in [0.15, 0.2) is 18.2 Å². The van der Waals surface area contributed by atoms with Crippen molar-refractivity contribution in [2.45, 2.75) is 24.8 Å². The van der Waals surface area contributed by atoms with Gasteiger partial charge in [-0.05, 0) is 37.7 Å². The largest absolute Gasteiger partial charge is 0.496 e. The van der Waals surface area contributed by atoms with Crippen LogP contribution >= 0.6 is 0 Å². The van der Waals surface area contributed by atoms with Gasteiger partial charge in [0, 0.05) is 0 Å². The number of methoxy groups -OCH3 is 1. The van der Waals surface area contributed by atoms with Gasteiger partial charge in [0.2, 0.25) is 0 Å². The number of rotatable bonds is 6. The van der Waals surface area contributed by atoms with Gasteiger partial charge < -0.3 is 20.3 Å². The molecule has 7 heteroatoms. The van der Waals surface area contributed by atoms with Gasteiger partial charge in [-0.1, -0.05) is 6.07 Å². The first kappa shape index (κ1) is 16.7. The molecule has 0 aromatic heterocycles. The number of aliphatic hydroxyl groups excluding tert-OH is 2. The maximum Gasteiger partial charge on any atom is 0.419 e. The Kier molecular flexibility index (Phi) is 5.79. The number of aliphatic hydroxyl groups is 2. The molecule has 114 valence electrons. The number of hydrogen-bond donors (Lipinski definition) is 3. The summed E-state index contributed by atoms with van der Waals surface area (Å²) in [4.78, 5) is 0. The molecular formula is C13H18F3NO3. The summed E-state index contributed by atoms with van der Waals surface area (Å²) in [5.41, 5.74) is -0.737. The van der Waals surface area contributed by atoms with Gasteiger partial charge in [-0.2, -0.15) is 13.2 Å². The molecule has 2 unspecified atom stereocenters. The average molecular weight is 293 g/mol. The molecule has 0 aliphatic rings. The third-order valence-electron chi connectivity index (χ3n) is 2.93. The van der Waals surface area contributed by atoms with E-state index in [4.69, 9.17) is 4.74 Å². The van der Waals surface area contributed by atoms with Crippen LogP contribution in [0.3, 0.4) is 0 Å². The first-order valence-corrected chi connectivity index (χ1v) is 6.07. The summed E-state index contributed by atoms with van der Waals surface area (Å²) in [6, 6.07) is 3.07. The lowest BCUT2D eigenvalue weighted by atomic mass is 10.00. The standard InChI is InChI=1S/C13H18F3NO3/c1-17-6-5-10(18)12(19)8-3-4-9(13(14,15)16)11(7-8)20-2/h3-4,7,10,12,17-19H,5-6H2,1-2H3. The summed E-state index contributed by atoms with van der Waals surface area (Å²) in [7, 11) is 2.82. The van der Waals surface area contributed by atoms with Crippen molar-refractivity contribution < 1.29 is 28.1 Å². The summed E-state index contributed by atoms with van der Waals surface area (Å²) in [5, 5.41) is 22.5. The van der Waals surface area contributed by atoms with E-state index in [2.05, 4.69) is 5.32 Å². The highest BCUT2D eigenvalue weighted by Crippen LogP contribution is 2.37. The number of alkyl halides is 3. The molecule has 1 aromatic rings. The SMILES string of the molecule is CNCCC(O)C(O)c1ccc(C(F)(F)F)c(OC)c1. The van der Waals surface area contributed by atoms with Crippen molar-refractivity contribution in [3.63, 3.8) is 0 Å². The molecule has 1 aromatic carbocycles. The smallest absolute Gasteiger partial charge is 0.419 e. The minimum absolute atomic E-state index is 0.179. The molecule has 0 saturated heterocycles.